The topological polar surface area (TPSA) is 58.4 Å². The first-order valence-electron chi connectivity index (χ1n) is 10.0. The van der Waals surface area contributed by atoms with E-state index in [4.69, 9.17) is 0 Å². The van der Waals surface area contributed by atoms with Crippen LogP contribution in [-0.4, -0.2) is 58.2 Å². The molecule has 3 aromatic rings. The van der Waals surface area contributed by atoms with Gasteiger partial charge in [0.15, 0.2) is 0 Å². The van der Waals surface area contributed by atoms with Gasteiger partial charge in [0, 0.05) is 38.8 Å². The van der Waals surface area contributed by atoms with Crippen molar-refractivity contribution in [2.75, 3.05) is 32.7 Å². The van der Waals surface area contributed by atoms with E-state index < -0.39 is 0 Å². The average Bonchev–Trinajstić information content (AvgIpc) is 3.31. The predicted molar refractivity (Wildman–Crippen MR) is 120 cm³/mol. The Hall–Kier alpha value is -3.03. The van der Waals surface area contributed by atoms with E-state index in [0.29, 0.717) is 18.8 Å². The molecule has 0 unspecified atom stereocenters. The fourth-order valence-electron chi connectivity index (χ4n) is 3.43. The van der Waals surface area contributed by atoms with Crippen molar-refractivity contribution in [3.05, 3.63) is 82.0 Å². The van der Waals surface area contributed by atoms with Gasteiger partial charge in [-0.2, -0.15) is 5.10 Å². The van der Waals surface area contributed by atoms with Gasteiger partial charge < -0.3 is 4.90 Å². The van der Waals surface area contributed by atoms with Crippen LogP contribution in [0.15, 0.2) is 70.8 Å². The standard InChI is InChI=1S/C23H24N4O2S/c28-22-11-10-20(21-9-5-17-30-21)24-27(22)18-23(29)26-15-13-25(14-16-26)12-4-8-19-6-2-1-3-7-19/h1-11,17H,12-16,18H2/b8-4+. The summed E-state index contributed by atoms with van der Waals surface area (Å²) in [7, 11) is 0. The van der Waals surface area contributed by atoms with Crippen molar-refractivity contribution in [2.45, 2.75) is 6.54 Å². The summed E-state index contributed by atoms with van der Waals surface area (Å²) in [6.07, 6.45) is 4.28. The largest absolute Gasteiger partial charge is 0.339 e. The molecule has 0 atom stereocenters. The van der Waals surface area contributed by atoms with Crippen LogP contribution in [0.1, 0.15) is 5.56 Å². The minimum atomic E-state index is -0.256. The molecule has 1 amide bonds. The lowest BCUT2D eigenvalue weighted by Crippen LogP contribution is -2.50. The number of carbonyl (C=O) groups excluding carboxylic acids is 1. The summed E-state index contributed by atoms with van der Waals surface area (Å²) in [5.41, 5.74) is 1.65. The maximum Gasteiger partial charge on any atom is 0.267 e. The summed E-state index contributed by atoms with van der Waals surface area (Å²) >= 11 is 1.56. The third kappa shape index (κ3) is 5.11. The number of amides is 1. The van der Waals surface area contributed by atoms with E-state index >= 15 is 0 Å². The zero-order chi connectivity index (χ0) is 20.8. The number of piperazine rings is 1. The molecule has 0 saturated carbocycles. The molecule has 1 aliphatic rings. The number of carbonyl (C=O) groups is 1. The van der Waals surface area contributed by atoms with Gasteiger partial charge in [0.2, 0.25) is 5.91 Å². The number of rotatable bonds is 6. The molecule has 30 heavy (non-hydrogen) atoms. The third-order valence-electron chi connectivity index (χ3n) is 5.12. The number of hydrogen-bond acceptors (Lipinski definition) is 5. The van der Waals surface area contributed by atoms with Gasteiger partial charge in [-0.15, -0.1) is 11.3 Å². The SMILES string of the molecule is O=C(Cn1nc(-c2cccs2)ccc1=O)N1CCN(C/C=C/c2ccccc2)CC1. The molecule has 1 aliphatic heterocycles. The third-order valence-corrected chi connectivity index (χ3v) is 6.02. The van der Waals surface area contributed by atoms with Crippen LogP contribution in [0.2, 0.25) is 0 Å². The Morgan fingerprint density at radius 2 is 1.80 bits per heavy atom. The van der Waals surface area contributed by atoms with Crippen molar-refractivity contribution in [1.29, 1.82) is 0 Å². The maximum atomic E-state index is 12.7. The minimum absolute atomic E-state index is 0.0219. The lowest BCUT2D eigenvalue weighted by molar-refractivity contribution is -0.133. The van der Waals surface area contributed by atoms with Gasteiger partial charge >= 0.3 is 0 Å². The van der Waals surface area contributed by atoms with Gasteiger partial charge in [-0.05, 0) is 23.1 Å². The molecule has 6 nitrogen and oxygen atoms in total. The summed E-state index contributed by atoms with van der Waals surface area (Å²) in [6.45, 7) is 3.81. The molecular weight excluding hydrogens is 396 g/mol. The first-order valence-corrected chi connectivity index (χ1v) is 10.9. The Morgan fingerprint density at radius 1 is 1.00 bits per heavy atom. The van der Waals surface area contributed by atoms with Crippen molar-refractivity contribution in [3.8, 4) is 10.6 Å². The molecule has 3 heterocycles. The first kappa shape index (κ1) is 20.3. The second-order valence-corrected chi connectivity index (χ2v) is 8.13. The van der Waals surface area contributed by atoms with Crippen LogP contribution >= 0.6 is 11.3 Å². The normalized spacial score (nSPS) is 15.0. The lowest BCUT2D eigenvalue weighted by atomic mass is 10.2. The molecule has 7 heteroatoms. The van der Waals surface area contributed by atoms with Crippen LogP contribution in [-0.2, 0) is 11.3 Å². The molecule has 1 aromatic carbocycles. The number of thiophene rings is 1. The van der Waals surface area contributed by atoms with Gasteiger partial charge in [0.05, 0.1) is 4.88 Å². The number of benzene rings is 1. The van der Waals surface area contributed by atoms with Gasteiger partial charge in [0.25, 0.3) is 5.56 Å². The van der Waals surface area contributed by atoms with Crippen LogP contribution < -0.4 is 5.56 Å². The summed E-state index contributed by atoms with van der Waals surface area (Å²) in [6, 6.07) is 17.3. The highest BCUT2D eigenvalue weighted by molar-refractivity contribution is 7.13. The fourth-order valence-corrected chi connectivity index (χ4v) is 4.12. The van der Waals surface area contributed by atoms with Gasteiger partial charge in [0.1, 0.15) is 12.2 Å². The Kier molecular flexibility index (Phi) is 6.51. The van der Waals surface area contributed by atoms with Gasteiger partial charge in [-0.1, -0.05) is 48.6 Å². The molecule has 2 aromatic heterocycles. The molecule has 4 rings (SSSR count). The highest BCUT2D eigenvalue weighted by atomic mass is 32.1. The quantitative estimate of drug-likeness (QED) is 0.615. The zero-order valence-corrected chi connectivity index (χ0v) is 17.5. The maximum absolute atomic E-state index is 12.7. The molecular formula is C23H24N4O2S. The van der Waals surface area contributed by atoms with Gasteiger partial charge in [-0.25, -0.2) is 4.68 Å². The van der Waals surface area contributed by atoms with Crippen molar-refractivity contribution in [1.82, 2.24) is 19.6 Å². The summed E-state index contributed by atoms with van der Waals surface area (Å²) in [5.74, 6) is -0.0626. The Labute approximate surface area is 179 Å². The van der Waals surface area contributed by atoms with E-state index in [2.05, 4.69) is 34.3 Å². The van der Waals surface area contributed by atoms with E-state index in [0.717, 1.165) is 24.5 Å². The summed E-state index contributed by atoms with van der Waals surface area (Å²) < 4.78 is 1.27. The van der Waals surface area contributed by atoms with E-state index in [1.54, 1.807) is 17.4 Å². The predicted octanol–water partition coefficient (Wildman–Crippen LogP) is 2.83. The molecule has 1 fully saturated rings. The van der Waals surface area contributed by atoms with Crippen molar-refractivity contribution < 1.29 is 4.79 Å². The monoisotopic (exact) mass is 420 g/mol. The van der Waals surface area contributed by atoms with Crippen LogP contribution in [0.3, 0.4) is 0 Å². The molecule has 0 bridgehead atoms. The van der Waals surface area contributed by atoms with E-state index in [9.17, 15) is 9.59 Å². The smallest absolute Gasteiger partial charge is 0.267 e. The molecule has 0 aliphatic carbocycles. The summed E-state index contributed by atoms with van der Waals surface area (Å²) in [4.78, 5) is 30.0. The number of aromatic nitrogens is 2. The number of hydrogen-bond donors (Lipinski definition) is 0. The average molecular weight is 421 g/mol. The first-order chi connectivity index (χ1) is 14.7. The fraction of sp³-hybridized carbons (Fsp3) is 0.261. The molecule has 0 N–H and O–H groups in total. The second-order valence-electron chi connectivity index (χ2n) is 7.19. The number of nitrogens with zero attached hydrogens (tertiary/aromatic N) is 4. The van der Waals surface area contributed by atoms with E-state index in [1.807, 2.05) is 40.6 Å². The van der Waals surface area contributed by atoms with Gasteiger partial charge in [-0.3, -0.25) is 14.5 Å². The molecule has 154 valence electrons. The molecule has 0 spiro atoms. The Balaban J connectivity index is 1.30. The van der Waals surface area contributed by atoms with Crippen molar-refractivity contribution >= 4 is 23.3 Å². The summed E-state index contributed by atoms with van der Waals surface area (Å²) in [5, 5.41) is 6.35. The van der Waals surface area contributed by atoms with E-state index in [1.165, 1.54) is 16.3 Å². The molecule has 0 radical (unpaired) electrons. The van der Waals surface area contributed by atoms with Crippen molar-refractivity contribution in [2.24, 2.45) is 0 Å². The van der Waals surface area contributed by atoms with Crippen LogP contribution in [0, 0.1) is 0 Å². The highest BCUT2D eigenvalue weighted by Crippen LogP contribution is 2.21. The molecule has 1 saturated heterocycles. The Morgan fingerprint density at radius 3 is 2.53 bits per heavy atom. The zero-order valence-electron chi connectivity index (χ0n) is 16.7. The second kappa shape index (κ2) is 9.65. The van der Waals surface area contributed by atoms with Crippen LogP contribution in [0.25, 0.3) is 16.6 Å². The highest BCUT2D eigenvalue weighted by Gasteiger charge is 2.21. The van der Waals surface area contributed by atoms with Crippen LogP contribution in [0.5, 0.6) is 0 Å². The minimum Gasteiger partial charge on any atom is -0.339 e. The van der Waals surface area contributed by atoms with Crippen LogP contribution in [0.4, 0.5) is 0 Å². The Bertz CT molecular complexity index is 1050. The van der Waals surface area contributed by atoms with Crippen molar-refractivity contribution in [3.63, 3.8) is 0 Å². The van der Waals surface area contributed by atoms with E-state index in [-0.39, 0.29) is 18.0 Å². The lowest BCUT2D eigenvalue weighted by Gasteiger charge is -2.34.